The van der Waals surface area contributed by atoms with Gasteiger partial charge >= 0.3 is 0 Å². The van der Waals surface area contributed by atoms with Crippen molar-refractivity contribution in [1.29, 1.82) is 0 Å². The number of aliphatic hydroxyl groups is 1. The van der Waals surface area contributed by atoms with Gasteiger partial charge in [0.15, 0.2) is 0 Å². The molecule has 1 saturated carbocycles. The van der Waals surface area contributed by atoms with Gasteiger partial charge in [0.25, 0.3) is 0 Å². The Morgan fingerprint density at radius 1 is 1.35 bits per heavy atom. The third kappa shape index (κ3) is 4.24. The number of rotatable bonds is 9. The summed E-state index contributed by atoms with van der Waals surface area (Å²) in [6.45, 7) is 4.70. The van der Waals surface area contributed by atoms with Crippen molar-refractivity contribution in [3.8, 4) is 0 Å². The van der Waals surface area contributed by atoms with E-state index in [4.69, 9.17) is 0 Å². The minimum absolute atomic E-state index is 0.168. The average molecular weight is 293 g/mol. The number of hydrogen-bond donors (Lipinski definition) is 2. The van der Waals surface area contributed by atoms with Gasteiger partial charge in [0, 0.05) is 11.8 Å². The van der Waals surface area contributed by atoms with Gasteiger partial charge < -0.3 is 10.4 Å². The topological polar surface area (TPSA) is 32.3 Å². The standard InChI is InChI=1S/C17H27NOS/c1-3-14(2)11-20-13-17(12-19,18-16-9-10-16)15-7-5-4-6-8-15/h4-8,14,16,18-19H,3,9-13H2,1-2H3. The Morgan fingerprint density at radius 3 is 2.60 bits per heavy atom. The maximum atomic E-state index is 10.1. The quantitative estimate of drug-likeness (QED) is 0.732. The Hall–Kier alpha value is -0.510. The lowest BCUT2D eigenvalue weighted by atomic mass is 9.92. The molecule has 0 bridgehead atoms. The Labute approximate surface area is 127 Å². The van der Waals surface area contributed by atoms with Gasteiger partial charge in [0.2, 0.25) is 0 Å². The predicted octanol–water partition coefficient (Wildman–Crippen LogP) is 3.41. The number of thioether (sulfide) groups is 1. The molecule has 2 N–H and O–H groups in total. The number of hydrogen-bond acceptors (Lipinski definition) is 3. The highest BCUT2D eigenvalue weighted by Gasteiger charge is 2.37. The number of aliphatic hydroxyl groups excluding tert-OH is 1. The van der Waals surface area contributed by atoms with Crippen LogP contribution in [-0.4, -0.2) is 29.3 Å². The molecule has 0 heterocycles. The van der Waals surface area contributed by atoms with E-state index >= 15 is 0 Å². The van der Waals surface area contributed by atoms with E-state index in [1.807, 2.05) is 17.8 Å². The first kappa shape index (κ1) is 15.9. The van der Waals surface area contributed by atoms with Crippen molar-refractivity contribution in [1.82, 2.24) is 5.32 Å². The summed E-state index contributed by atoms with van der Waals surface area (Å²) in [5.74, 6) is 2.85. The van der Waals surface area contributed by atoms with Crippen LogP contribution >= 0.6 is 11.8 Å². The molecule has 0 radical (unpaired) electrons. The van der Waals surface area contributed by atoms with Crippen molar-refractivity contribution in [2.75, 3.05) is 18.1 Å². The molecule has 2 unspecified atom stereocenters. The summed E-state index contributed by atoms with van der Waals surface area (Å²) >= 11 is 1.96. The predicted molar refractivity (Wildman–Crippen MR) is 88.1 cm³/mol. The van der Waals surface area contributed by atoms with Crippen molar-refractivity contribution in [3.05, 3.63) is 35.9 Å². The molecule has 2 nitrogen and oxygen atoms in total. The minimum atomic E-state index is -0.277. The summed E-state index contributed by atoms with van der Waals surface area (Å²) < 4.78 is 0. The van der Waals surface area contributed by atoms with E-state index in [1.54, 1.807) is 0 Å². The fourth-order valence-corrected chi connectivity index (χ4v) is 3.76. The van der Waals surface area contributed by atoms with Gasteiger partial charge in [-0.15, -0.1) is 0 Å². The first-order valence-electron chi connectivity index (χ1n) is 7.72. The summed E-state index contributed by atoms with van der Waals surface area (Å²) in [6, 6.07) is 11.0. The second-order valence-corrected chi connectivity index (χ2v) is 7.08. The second kappa shape index (κ2) is 7.48. The zero-order valence-electron chi connectivity index (χ0n) is 12.6. The Morgan fingerprint density at radius 2 is 2.05 bits per heavy atom. The summed E-state index contributed by atoms with van der Waals surface area (Å²) in [7, 11) is 0. The lowest BCUT2D eigenvalue weighted by molar-refractivity contribution is 0.177. The molecule has 0 aliphatic heterocycles. The van der Waals surface area contributed by atoms with Crippen LogP contribution in [0, 0.1) is 5.92 Å². The van der Waals surface area contributed by atoms with Crippen LogP contribution in [0.5, 0.6) is 0 Å². The summed E-state index contributed by atoms with van der Waals surface area (Å²) in [5, 5.41) is 13.7. The van der Waals surface area contributed by atoms with Crippen LogP contribution in [0.15, 0.2) is 30.3 Å². The lowest BCUT2D eigenvalue weighted by Gasteiger charge is -2.34. The molecule has 1 fully saturated rings. The molecule has 20 heavy (non-hydrogen) atoms. The van der Waals surface area contributed by atoms with Gasteiger partial charge in [0.1, 0.15) is 0 Å². The molecule has 1 aromatic carbocycles. The smallest absolute Gasteiger partial charge is 0.0762 e. The zero-order chi connectivity index (χ0) is 14.4. The van der Waals surface area contributed by atoms with Crippen molar-refractivity contribution in [2.24, 2.45) is 5.92 Å². The van der Waals surface area contributed by atoms with Crippen molar-refractivity contribution in [2.45, 2.75) is 44.7 Å². The van der Waals surface area contributed by atoms with Gasteiger partial charge in [-0.25, -0.2) is 0 Å². The lowest BCUT2D eigenvalue weighted by Crippen LogP contribution is -2.49. The molecule has 0 amide bonds. The molecule has 3 heteroatoms. The summed E-state index contributed by atoms with van der Waals surface area (Å²) in [5.41, 5.74) is 0.937. The monoisotopic (exact) mass is 293 g/mol. The molecular formula is C17H27NOS. The van der Waals surface area contributed by atoms with Gasteiger partial charge in [-0.05, 0) is 30.1 Å². The highest BCUT2D eigenvalue weighted by Crippen LogP contribution is 2.32. The molecule has 2 rings (SSSR count). The number of benzene rings is 1. The molecule has 112 valence electrons. The zero-order valence-corrected chi connectivity index (χ0v) is 13.5. The van der Waals surface area contributed by atoms with Crippen LogP contribution in [0.1, 0.15) is 38.7 Å². The summed E-state index contributed by atoms with van der Waals surface area (Å²) in [4.78, 5) is 0. The molecule has 1 aliphatic rings. The van der Waals surface area contributed by atoms with Gasteiger partial charge in [0.05, 0.1) is 12.1 Å². The van der Waals surface area contributed by atoms with Crippen LogP contribution < -0.4 is 5.32 Å². The van der Waals surface area contributed by atoms with Gasteiger partial charge in [-0.3, -0.25) is 0 Å². The van der Waals surface area contributed by atoms with E-state index < -0.39 is 0 Å². The maximum absolute atomic E-state index is 10.1. The summed E-state index contributed by atoms with van der Waals surface area (Å²) in [6.07, 6.45) is 3.70. The highest BCUT2D eigenvalue weighted by molar-refractivity contribution is 7.99. The molecular weight excluding hydrogens is 266 g/mol. The van der Waals surface area contributed by atoms with Crippen LogP contribution in [0.25, 0.3) is 0 Å². The van der Waals surface area contributed by atoms with Crippen LogP contribution in [0.3, 0.4) is 0 Å². The van der Waals surface area contributed by atoms with Crippen molar-refractivity contribution in [3.63, 3.8) is 0 Å². The molecule has 0 spiro atoms. The van der Waals surface area contributed by atoms with Crippen LogP contribution in [0.2, 0.25) is 0 Å². The fraction of sp³-hybridized carbons (Fsp3) is 0.647. The van der Waals surface area contributed by atoms with Crippen molar-refractivity contribution >= 4 is 11.8 Å². The van der Waals surface area contributed by atoms with Crippen LogP contribution in [0.4, 0.5) is 0 Å². The molecule has 1 aliphatic carbocycles. The first-order chi connectivity index (χ1) is 9.70. The molecule has 1 aromatic rings. The minimum Gasteiger partial charge on any atom is -0.394 e. The maximum Gasteiger partial charge on any atom is 0.0762 e. The van der Waals surface area contributed by atoms with E-state index in [1.165, 1.54) is 24.8 Å². The third-order valence-corrected chi connectivity index (χ3v) is 5.60. The first-order valence-corrected chi connectivity index (χ1v) is 8.87. The average Bonchev–Trinajstić information content (AvgIpc) is 3.30. The molecule has 0 saturated heterocycles. The fourth-order valence-electron chi connectivity index (χ4n) is 2.32. The Bertz CT molecular complexity index is 393. The SMILES string of the molecule is CCC(C)CSCC(CO)(NC1CC1)c1ccccc1. The Balaban J connectivity index is 2.06. The van der Waals surface area contributed by atoms with Crippen LogP contribution in [-0.2, 0) is 5.54 Å². The second-order valence-electron chi connectivity index (χ2n) is 6.05. The van der Waals surface area contributed by atoms with E-state index in [2.05, 4.69) is 43.4 Å². The third-order valence-electron chi connectivity index (χ3n) is 4.10. The van der Waals surface area contributed by atoms with E-state index in [0.29, 0.717) is 6.04 Å². The van der Waals surface area contributed by atoms with E-state index in [-0.39, 0.29) is 12.1 Å². The van der Waals surface area contributed by atoms with Gasteiger partial charge in [-0.1, -0.05) is 50.6 Å². The number of nitrogens with one attached hydrogen (secondary N) is 1. The van der Waals surface area contributed by atoms with E-state index in [9.17, 15) is 5.11 Å². The largest absolute Gasteiger partial charge is 0.394 e. The highest BCUT2D eigenvalue weighted by atomic mass is 32.2. The van der Waals surface area contributed by atoms with Crippen molar-refractivity contribution < 1.29 is 5.11 Å². The molecule has 2 atom stereocenters. The molecule has 0 aromatic heterocycles. The Kier molecular flexibility index (Phi) is 5.94. The van der Waals surface area contributed by atoms with E-state index in [0.717, 1.165) is 17.4 Å². The normalized spacial score (nSPS) is 19.6. The van der Waals surface area contributed by atoms with Gasteiger partial charge in [-0.2, -0.15) is 11.8 Å².